The number of nitrogens with one attached hydrogen (secondary N) is 1. The smallest absolute Gasteiger partial charge is 0.404 e. The zero-order valence-electron chi connectivity index (χ0n) is 7.45. The summed E-state index contributed by atoms with van der Waals surface area (Å²) in [5.41, 5.74) is 0. The van der Waals surface area contributed by atoms with Crippen molar-refractivity contribution in [3.8, 4) is 0 Å². The first-order valence-electron chi connectivity index (χ1n) is 4.20. The standard InChI is InChI=1S/C8H13NO4/c1-13-7(10)5-2-3-6(4-5)9-8(11)12/h5-6,9H,2-4H2,1H3,(H,11,12)/t5-,6+/m1/s1. The number of hydrogen-bond acceptors (Lipinski definition) is 3. The fraction of sp³-hybridized carbons (Fsp3) is 0.750. The molecule has 0 aromatic rings. The van der Waals surface area contributed by atoms with Crippen LogP contribution < -0.4 is 5.32 Å². The summed E-state index contributed by atoms with van der Waals surface area (Å²) in [6.07, 6.45) is 0.943. The predicted molar refractivity (Wildman–Crippen MR) is 44.3 cm³/mol. The van der Waals surface area contributed by atoms with Crippen LogP contribution in [0.5, 0.6) is 0 Å². The molecule has 0 unspecified atom stereocenters. The second-order valence-electron chi connectivity index (χ2n) is 3.18. The third kappa shape index (κ3) is 2.61. The van der Waals surface area contributed by atoms with Crippen LogP contribution in [0.3, 0.4) is 0 Å². The number of amides is 1. The lowest BCUT2D eigenvalue weighted by Crippen LogP contribution is -2.31. The van der Waals surface area contributed by atoms with E-state index in [0.29, 0.717) is 19.3 Å². The summed E-state index contributed by atoms with van der Waals surface area (Å²) >= 11 is 0. The van der Waals surface area contributed by atoms with Gasteiger partial charge in [-0.2, -0.15) is 0 Å². The average Bonchev–Trinajstić information content (AvgIpc) is 2.50. The van der Waals surface area contributed by atoms with E-state index in [9.17, 15) is 9.59 Å². The number of hydrogen-bond donors (Lipinski definition) is 2. The maximum Gasteiger partial charge on any atom is 0.404 e. The third-order valence-electron chi connectivity index (χ3n) is 2.29. The van der Waals surface area contributed by atoms with Gasteiger partial charge in [-0.1, -0.05) is 0 Å². The highest BCUT2D eigenvalue weighted by Crippen LogP contribution is 2.26. The Hall–Kier alpha value is -1.26. The molecular weight excluding hydrogens is 174 g/mol. The van der Waals surface area contributed by atoms with Crippen LogP contribution >= 0.6 is 0 Å². The minimum atomic E-state index is -1.03. The molecule has 1 rings (SSSR count). The lowest BCUT2D eigenvalue weighted by Gasteiger charge is -2.09. The molecule has 5 nitrogen and oxygen atoms in total. The molecule has 1 fully saturated rings. The van der Waals surface area contributed by atoms with Gasteiger partial charge < -0.3 is 15.2 Å². The quantitative estimate of drug-likeness (QED) is 0.620. The zero-order chi connectivity index (χ0) is 9.84. The van der Waals surface area contributed by atoms with Crippen LogP contribution in [0.2, 0.25) is 0 Å². The van der Waals surface area contributed by atoms with E-state index in [1.807, 2.05) is 0 Å². The van der Waals surface area contributed by atoms with Gasteiger partial charge in [-0.25, -0.2) is 4.79 Å². The van der Waals surface area contributed by atoms with E-state index >= 15 is 0 Å². The number of carbonyl (C=O) groups excluding carboxylic acids is 1. The van der Waals surface area contributed by atoms with Gasteiger partial charge in [0, 0.05) is 6.04 Å². The third-order valence-corrected chi connectivity index (χ3v) is 2.29. The Kier molecular flexibility index (Phi) is 3.11. The Balaban J connectivity index is 2.36. The first kappa shape index (κ1) is 9.83. The van der Waals surface area contributed by atoms with Crippen molar-refractivity contribution in [2.75, 3.05) is 7.11 Å². The highest BCUT2D eigenvalue weighted by molar-refractivity contribution is 5.73. The van der Waals surface area contributed by atoms with Crippen molar-refractivity contribution in [3.05, 3.63) is 0 Å². The molecule has 0 bridgehead atoms. The summed E-state index contributed by atoms with van der Waals surface area (Å²) in [6, 6.07) is -0.0957. The normalized spacial score (nSPS) is 26.8. The number of ether oxygens (including phenoxy) is 1. The lowest BCUT2D eigenvalue weighted by molar-refractivity contribution is -0.145. The highest BCUT2D eigenvalue weighted by Gasteiger charge is 2.31. The van der Waals surface area contributed by atoms with Gasteiger partial charge in [0.25, 0.3) is 0 Å². The van der Waals surface area contributed by atoms with Gasteiger partial charge in [-0.3, -0.25) is 4.79 Å². The van der Waals surface area contributed by atoms with E-state index in [2.05, 4.69) is 10.1 Å². The number of methoxy groups -OCH3 is 1. The average molecular weight is 187 g/mol. The number of rotatable bonds is 2. The maximum atomic E-state index is 11.0. The van der Waals surface area contributed by atoms with E-state index in [0.717, 1.165) is 0 Å². The molecule has 5 heteroatoms. The summed E-state index contributed by atoms with van der Waals surface area (Å²) in [7, 11) is 1.35. The Labute approximate surface area is 76.1 Å². The van der Waals surface area contributed by atoms with Crippen molar-refractivity contribution in [2.24, 2.45) is 5.92 Å². The molecule has 1 aliphatic carbocycles. The monoisotopic (exact) mass is 187 g/mol. The van der Waals surface area contributed by atoms with Crippen molar-refractivity contribution in [2.45, 2.75) is 25.3 Å². The lowest BCUT2D eigenvalue weighted by atomic mass is 10.1. The SMILES string of the molecule is COC(=O)[C@@H]1CC[C@H](NC(=O)O)C1. The molecule has 2 atom stereocenters. The largest absolute Gasteiger partial charge is 0.469 e. The Morgan fingerprint density at radius 3 is 2.69 bits per heavy atom. The molecule has 0 heterocycles. The van der Waals surface area contributed by atoms with Crippen LogP contribution in [0.25, 0.3) is 0 Å². The Bertz CT molecular complexity index is 216. The van der Waals surface area contributed by atoms with Gasteiger partial charge in [-0.05, 0) is 19.3 Å². The number of esters is 1. The van der Waals surface area contributed by atoms with Gasteiger partial charge >= 0.3 is 12.1 Å². The molecule has 1 aliphatic rings. The molecular formula is C8H13NO4. The Morgan fingerprint density at radius 1 is 1.46 bits per heavy atom. The van der Waals surface area contributed by atoms with Crippen LogP contribution in [-0.4, -0.2) is 30.3 Å². The highest BCUT2D eigenvalue weighted by atomic mass is 16.5. The maximum absolute atomic E-state index is 11.0. The van der Waals surface area contributed by atoms with E-state index in [1.54, 1.807) is 0 Å². The van der Waals surface area contributed by atoms with Crippen LogP contribution in [0.1, 0.15) is 19.3 Å². The molecule has 0 aromatic carbocycles. The zero-order valence-corrected chi connectivity index (χ0v) is 7.45. The molecule has 2 N–H and O–H groups in total. The van der Waals surface area contributed by atoms with Crippen LogP contribution in [0.4, 0.5) is 4.79 Å². The van der Waals surface area contributed by atoms with E-state index < -0.39 is 6.09 Å². The van der Waals surface area contributed by atoms with Crippen molar-refractivity contribution in [3.63, 3.8) is 0 Å². The van der Waals surface area contributed by atoms with Crippen molar-refractivity contribution in [1.29, 1.82) is 0 Å². The first-order valence-corrected chi connectivity index (χ1v) is 4.20. The molecule has 0 aromatic heterocycles. The predicted octanol–water partition coefficient (Wildman–Crippen LogP) is 0.596. The molecule has 0 saturated heterocycles. The fourth-order valence-corrected chi connectivity index (χ4v) is 1.67. The minimum Gasteiger partial charge on any atom is -0.469 e. The van der Waals surface area contributed by atoms with Crippen LogP contribution in [-0.2, 0) is 9.53 Å². The van der Waals surface area contributed by atoms with E-state index in [1.165, 1.54) is 7.11 Å². The summed E-state index contributed by atoms with van der Waals surface area (Å²) in [5.74, 6) is -0.378. The van der Waals surface area contributed by atoms with Crippen molar-refractivity contribution in [1.82, 2.24) is 5.32 Å². The topological polar surface area (TPSA) is 75.6 Å². The van der Waals surface area contributed by atoms with Gasteiger partial charge in [-0.15, -0.1) is 0 Å². The fourth-order valence-electron chi connectivity index (χ4n) is 1.67. The van der Waals surface area contributed by atoms with E-state index in [-0.39, 0.29) is 17.9 Å². The summed E-state index contributed by atoms with van der Waals surface area (Å²) in [5, 5.41) is 10.8. The first-order chi connectivity index (χ1) is 6.13. The molecule has 1 saturated carbocycles. The summed E-state index contributed by atoms with van der Waals surface area (Å²) in [4.78, 5) is 21.3. The molecule has 0 radical (unpaired) electrons. The molecule has 74 valence electrons. The van der Waals surface area contributed by atoms with Crippen LogP contribution in [0, 0.1) is 5.92 Å². The molecule has 0 aliphatic heterocycles. The number of carbonyl (C=O) groups is 2. The second kappa shape index (κ2) is 4.11. The molecule has 1 amide bonds. The van der Waals surface area contributed by atoms with Crippen molar-refractivity contribution >= 4 is 12.1 Å². The van der Waals surface area contributed by atoms with Gasteiger partial charge in [0.15, 0.2) is 0 Å². The second-order valence-corrected chi connectivity index (χ2v) is 3.18. The molecule has 13 heavy (non-hydrogen) atoms. The minimum absolute atomic E-state index is 0.0957. The van der Waals surface area contributed by atoms with Crippen molar-refractivity contribution < 1.29 is 19.4 Å². The van der Waals surface area contributed by atoms with Gasteiger partial charge in [0.05, 0.1) is 13.0 Å². The summed E-state index contributed by atoms with van der Waals surface area (Å²) < 4.78 is 4.57. The number of carboxylic acid groups (broad SMARTS) is 1. The van der Waals surface area contributed by atoms with Gasteiger partial charge in [0.2, 0.25) is 0 Å². The van der Waals surface area contributed by atoms with E-state index in [4.69, 9.17) is 5.11 Å². The van der Waals surface area contributed by atoms with Crippen LogP contribution in [0.15, 0.2) is 0 Å². The summed E-state index contributed by atoms with van der Waals surface area (Å²) in [6.45, 7) is 0. The molecule has 0 spiro atoms. The van der Waals surface area contributed by atoms with Gasteiger partial charge in [0.1, 0.15) is 0 Å². The Morgan fingerprint density at radius 2 is 2.15 bits per heavy atom.